The third-order valence-electron chi connectivity index (χ3n) is 0.915. The maximum atomic E-state index is 5.41. The Morgan fingerprint density at radius 3 is 2.44 bits per heavy atom. The molecule has 0 aliphatic heterocycles. The summed E-state index contributed by atoms with van der Waals surface area (Å²) in [6, 6.07) is 0. The topological polar surface area (TPSA) is 73.3 Å². The van der Waals surface area contributed by atoms with E-state index in [9.17, 15) is 0 Å². The van der Waals surface area contributed by atoms with Gasteiger partial charge in [-0.2, -0.15) is 0 Å². The molecule has 54 valence electrons. The van der Waals surface area contributed by atoms with Gasteiger partial charge in [-0.25, -0.2) is 0 Å². The van der Waals surface area contributed by atoms with E-state index in [0.29, 0.717) is 18.1 Å². The van der Waals surface area contributed by atoms with Crippen LogP contribution >= 0.6 is 0 Å². The molecular formula is C5H13N3O. The van der Waals surface area contributed by atoms with Gasteiger partial charge in [-0.3, -0.25) is 0 Å². The lowest BCUT2D eigenvalue weighted by Gasteiger charge is -2.04. The largest absolute Gasteiger partial charge is 0.397 e. The van der Waals surface area contributed by atoms with E-state index in [-0.39, 0.29) is 0 Å². The monoisotopic (exact) mass is 131 g/mol. The zero-order valence-electron chi connectivity index (χ0n) is 5.77. The fourth-order valence-corrected chi connectivity index (χ4v) is 0.394. The second-order valence-electron chi connectivity index (χ2n) is 1.62. The maximum absolute atomic E-state index is 5.41. The normalized spacial score (nSPS) is 12.7. The van der Waals surface area contributed by atoms with Crippen molar-refractivity contribution in [1.29, 1.82) is 0 Å². The summed E-state index contributed by atoms with van der Waals surface area (Å²) in [5.74, 6) is 0.469. The summed E-state index contributed by atoms with van der Waals surface area (Å²) in [6.45, 7) is 0.368. The van der Waals surface area contributed by atoms with Gasteiger partial charge in [0, 0.05) is 14.2 Å². The molecule has 0 unspecified atom stereocenters. The van der Waals surface area contributed by atoms with Crippen LogP contribution in [0.1, 0.15) is 0 Å². The summed E-state index contributed by atoms with van der Waals surface area (Å²) < 4.78 is 4.72. The average Bonchev–Trinajstić information content (AvgIpc) is 1.87. The molecule has 4 nitrogen and oxygen atoms in total. The van der Waals surface area contributed by atoms with E-state index >= 15 is 0 Å². The molecule has 0 fully saturated rings. The zero-order valence-corrected chi connectivity index (χ0v) is 5.77. The van der Waals surface area contributed by atoms with E-state index in [1.807, 2.05) is 0 Å². The van der Waals surface area contributed by atoms with Crippen molar-refractivity contribution in [3.63, 3.8) is 0 Å². The second kappa shape index (κ2) is 4.03. The predicted molar refractivity (Wildman–Crippen MR) is 36.3 cm³/mol. The molecule has 9 heavy (non-hydrogen) atoms. The van der Waals surface area contributed by atoms with Crippen molar-refractivity contribution in [1.82, 2.24) is 5.32 Å². The molecule has 0 radical (unpaired) electrons. The van der Waals surface area contributed by atoms with Crippen LogP contribution in [0.2, 0.25) is 0 Å². The van der Waals surface area contributed by atoms with E-state index in [1.165, 1.54) is 0 Å². The molecule has 0 aromatic heterocycles. The van der Waals surface area contributed by atoms with Crippen LogP contribution in [0.5, 0.6) is 0 Å². The van der Waals surface area contributed by atoms with Crippen LogP contribution in [0.25, 0.3) is 0 Å². The molecule has 0 aliphatic rings. The number of methoxy groups -OCH3 is 1. The van der Waals surface area contributed by atoms with Crippen LogP contribution in [-0.2, 0) is 4.74 Å². The highest BCUT2D eigenvalue weighted by Crippen LogP contribution is 1.84. The molecule has 0 saturated heterocycles. The van der Waals surface area contributed by atoms with Crippen LogP contribution in [0.15, 0.2) is 11.5 Å². The molecule has 0 heterocycles. The van der Waals surface area contributed by atoms with Gasteiger partial charge < -0.3 is 21.5 Å². The number of hydrogen-bond acceptors (Lipinski definition) is 4. The SMILES string of the molecule is CN/C(N)=C(/N)COC. The van der Waals surface area contributed by atoms with Crippen molar-refractivity contribution in [3.05, 3.63) is 11.5 Å². The molecule has 0 spiro atoms. The van der Waals surface area contributed by atoms with Gasteiger partial charge in [0.2, 0.25) is 0 Å². The number of nitrogens with one attached hydrogen (secondary N) is 1. The Bertz CT molecular complexity index is 111. The summed E-state index contributed by atoms with van der Waals surface area (Å²) in [5.41, 5.74) is 11.3. The van der Waals surface area contributed by atoms with Crippen LogP contribution < -0.4 is 16.8 Å². The van der Waals surface area contributed by atoms with Gasteiger partial charge in [-0.15, -0.1) is 0 Å². The van der Waals surface area contributed by atoms with Crippen LogP contribution in [0.4, 0.5) is 0 Å². The Morgan fingerprint density at radius 2 is 2.11 bits per heavy atom. The Kier molecular flexibility index (Phi) is 3.62. The van der Waals surface area contributed by atoms with E-state index in [2.05, 4.69) is 5.32 Å². The van der Waals surface area contributed by atoms with Gasteiger partial charge >= 0.3 is 0 Å². The van der Waals surface area contributed by atoms with Gasteiger partial charge in [0.25, 0.3) is 0 Å². The Morgan fingerprint density at radius 1 is 1.56 bits per heavy atom. The molecule has 4 heteroatoms. The Labute approximate surface area is 54.9 Å². The lowest BCUT2D eigenvalue weighted by molar-refractivity contribution is 0.223. The molecule has 0 bridgehead atoms. The number of ether oxygens (including phenoxy) is 1. The van der Waals surface area contributed by atoms with Crippen molar-refractivity contribution >= 4 is 0 Å². The van der Waals surface area contributed by atoms with Crippen LogP contribution in [0, 0.1) is 0 Å². The fraction of sp³-hybridized carbons (Fsp3) is 0.600. The smallest absolute Gasteiger partial charge is 0.118 e. The highest BCUT2D eigenvalue weighted by Gasteiger charge is 1.92. The molecular weight excluding hydrogens is 118 g/mol. The number of hydrogen-bond donors (Lipinski definition) is 3. The standard InChI is InChI=1S/C5H13N3O/c1-8-5(7)4(6)3-9-2/h8H,3,6-7H2,1-2H3/b5-4+. The second-order valence-corrected chi connectivity index (χ2v) is 1.62. The van der Waals surface area contributed by atoms with E-state index < -0.39 is 0 Å². The summed E-state index contributed by atoms with van der Waals surface area (Å²) in [7, 11) is 3.27. The van der Waals surface area contributed by atoms with Crippen molar-refractivity contribution in [2.24, 2.45) is 11.5 Å². The van der Waals surface area contributed by atoms with E-state index in [4.69, 9.17) is 16.2 Å². The van der Waals surface area contributed by atoms with E-state index in [0.717, 1.165) is 0 Å². The molecule has 0 aliphatic carbocycles. The van der Waals surface area contributed by atoms with Crippen LogP contribution in [0.3, 0.4) is 0 Å². The molecule has 0 aromatic rings. The summed E-state index contributed by atoms with van der Waals surface area (Å²) in [6.07, 6.45) is 0. The predicted octanol–water partition coefficient (Wildman–Crippen LogP) is -1.06. The Hall–Kier alpha value is -0.900. The zero-order chi connectivity index (χ0) is 7.28. The minimum absolute atomic E-state index is 0.368. The van der Waals surface area contributed by atoms with Gasteiger partial charge in [0.05, 0.1) is 12.3 Å². The lowest BCUT2D eigenvalue weighted by Crippen LogP contribution is -2.23. The average molecular weight is 131 g/mol. The minimum atomic E-state index is 0.368. The quantitative estimate of drug-likeness (QED) is 0.456. The first kappa shape index (κ1) is 8.10. The van der Waals surface area contributed by atoms with Crippen molar-refractivity contribution < 1.29 is 4.74 Å². The molecule has 0 aromatic carbocycles. The molecule has 0 amide bonds. The van der Waals surface area contributed by atoms with Crippen molar-refractivity contribution in [2.75, 3.05) is 20.8 Å². The van der Waals surface area contributed by atoms with Crippen LogP contribution in [-0.4, -0.2) is 20.8 Å². The van der Waals surface area contributed by atoms with Gasteiger partial charge in [0.15, 0.2) is 0 Å². The van der Waals surface area contributed by atoms with Crippen molar-refractivity contribution in [3.8, 4) is 0 Å². The Balaban J connectivity index is 3.78. The third-order valence-corrected chi connectivity index (χ3v) is 0.915. The highest BCUT2D eigenvalue weighted by atomic mass is 16.5. The molecule has 5 N–H and O–H groups in total. The first-order valence-electron chi connectivity index (χ1n) is 2.63. The van der Waals surface area contributed by atoms with Gasteiger partial charge in [-0.05, 0) is 0 Å². The van der Waals surface area contributed by atoms with Gasteiger partial charge in [0.1, 0.15) is 5.82 Å². The summed E-state index contributed by atoms with van der Waals surface area (Å²) in [5, 5.41) is 2.70. The number of nitrogens with two attached hydrogens (primary N) is 2. The third kappa shape index (κ3) is 2.81. The lowest BCUT2D eigenvalue weighted by atomic mass is 10.5. The fourth-order valence-electron chi connectivity index (χ4n) is 0.394. The van der Waals surface area contributed by atoms with E-state index in [1.54, 1.807) is 14.2 Å². The summed E-state index contributed by atoms with van der Waals surface area (Å²) in [4.78, 5) is 0. The molecule has 0 atom stereocenters. The minimum Gasteiger partial charge on any atom is -0.397 e. The number of rotatable bonds is 3. The van der Waals surface area contributed by atoms with Crippen molar-refractivity contribution in [2.45, 2.75) is 0 Å². The first-order valence-corrected chi connectivity index (χ1v) is 2.63. The molecule has 0 rings (SSSR count). The first-order chi connectivity index (χ1) is 4.22. The van der Waals surface area contributed by atoms with Gasteiger partial charge in [-0.1, -0.05) is 0 Å². The molecule has 0 saturated carbocycles. The maximum Gasteiger partial charge on any atom is 0.118 e. The highest BCUT2D eigenvalue weighted by molar-refractivity contribution is 5.04. The summed E-state index contributed by atoms with van der Waals surface area (Å²) >= 11 is 0.